The molecule has 0 aliphatic heterocycles. The molecule has 0 aliphatic carbocycles. The lowest BCUT2D eigenvalue weighted by Crippen LogP contribution is -1.79. The van der Waals surface area contributed by atoms with E-state index in [1.165, 1.54) is 4.90 Å². The number of hydrogen-bond donors (Lipinski definition) is 0. The van der Waals surface area contributed by atoms with Crippen LogP contribution in [-0.4, -0.2) is 10.1 Å². The van der Waals surface area contributed by atoms with Gasteiger partial charge in [0.1, 0.15) is 6.26 Å². The van der Waals surface area contributed by atoms with E-state index < -0.39 is 0 Å². The molecule has 2 rings (SSSR count). The first-order valence-corrected chi connectivity index (χ1v) is 4.86. The molecule has 0 radical (unpaired) electrons. The minimum Gasteiger partial charge on any atom is -0.364 e. The Morgan fingerprint density at radius 3 is 2.77 bits per heavy atom. The largest absolute Gasteiger partial charge is 0.364 e. The lowest BCUT2D eigenvalue weighted by atomic mass is 10.5. The van der Waals surface area contributed by atoms with Gasteiger partial charge in [0.25, 0.3) is 0 Å². The monoisotopic (exact) mass is 192 g/mol. The van der Waals surface area contributed by atoms with Crippen LogP contribution in [-0.2, 0) is 5.75 Å². The van der Waals surface area contributed by atoms with E-state index in [0.29, 0.717) is 0 Å². The molecule has 0 amide bonds. The molecule has 0 fully saturated rings. The number of thioether (sulfide) groups is 1. The SMILES string of the molecule is c1cc(SCc2ccon2)ccn1. The Labute approximate surface area is 80.2 Å². The fourth-order valence-electron chi connectivity index (χ4n) is 0.904. The predicted molar refractivity (Wildman–Crippen MR) is 50.3 cm³/mol. The van der Waals surface area contributed by atoms with Gasteiger partial charge in [0.05, 0.1) is 5.69 Å². The molecule has 4 heteroatoms. The molecule has 0 aliphatic rings. The normalized spacial score (nSPS) is 10.2. The van der Waals surface area contributed by atoms with Crippen LogP contribution in [0.5, 0.6) is 0 Å². The van der Waals surface area contributed by atoms with Crippen molar-refractivity contribution in [3.05, 3.63) is 42.5 Å². The summed E-state index contributed by atoms with van der Waals surface area (Å²) < 4.78 is 4.73. The summed E-state index contributed by atoms with van der Waals surface area (Å²) in [6.07, 6.45) is 5.15. The number of rotatable bonds is 3. The number of pyridine rings is 1. The Bertz CT molecular complexity index is 347. The van der Waals surface area contributed by atoms with Gasteiger partial charge >= 0.3 is 0 Å². The maximum atomic E-state index is 4.73. The van der Waals surface area contributed by atoms with Crippen LogP contribution in [0.3, 0.4) is 0 Å². The van der Waals surface area contributed by atoms with Gasteiger partial charge in [-0.15, -0.1) is 11.8 Å². The van der Waals surface area contributed by atoms with E-state index in [0.717, 1.165) is 11.4 Å². The average molecular weight is 192 g/mol. The lowest BCUT2D eigenvalue weighted by molar-refractivity contribution is 0.414. The van der Waals surface area contributed by atoms with Crippen molar-refractivity contribution in [3.63, 3.8) is 0 Å². The molecule has 2 aromatic rings. The predicted octanol–water partition coefficient (Wildman–Crippen LogP) is 2.36. The number of nitrogens with zero attached hydrogens (tertiary/aromatic N) is 2. The summed E-state index contributed by atoms with van der Waals surface area (Å²) in [6, 6.07) is 5.82. The fraction of sp³-hybridized carbons (Fsp3) is 0.111. The summed E-state index contributed by atoms with van der Waals surface area (Å²) >= 11 is 1.72. The summed E-state index contributed by atoms with van der Waals surface area (Å²) in [4.78, 5) is 5.14. The maximum Gasteiger partial charge on any atom is 0.124 e. The highest BCUT2D eigenvalue weighted by Gasteiger charge is 1.97. The Morgan fingerprint density at radius 2 is 2.08 bits per heavy atom. The van der Waals surface area contributed by atoms with Gasteiger partial charge in [-0.25, -0.2) is 0 Å². The number of aromatic nitrogens is 2. The zero-order valence-electron chi connectivity index (χ0n) is 6.88. The van der Waals surface area contributed by atoms with Gasteiger partial charge in [0, 0.05) is 29.1 Å². The van der Waals surface area contributed by atoms with Gasteiger partial charge in [-0.05, 0) is 12.1 Å². The van der Waals surface area contributed by atoms with Crippen molar-refractivity contribution < 1.29 is 4.52 Å². The minimum atomic E-state index is 0.834. The van der Waals surface area contributed by atoms with Crippen molar-refractivity contribution in [2.24, 2.45) is 0 Å². The van der Waals surface area contributed by atoms with E-state index in [9.17, 15) is 0 Å². The van der Waals surface area contributed by atoms with Crippen LogP contribution < -0.4 is 0 Å². The highest BCUT2D eigenvalue weighted by Crippen LogP contribution is 2.20. The highest BCUT2D eigenvalue weighted by atomic mass is 32.2. The third-order valence-electron chi connectivity index (χ3n) is 1.53. The first-order chi connectivity index (χ1) is 6.45. The van der Waals surface area contributed by atoms with Crippen LogP contribution in [0.4, 0.5) is 0 Å². The van der Waals surface area contributed by atoms with Crippen LogP contribution in [0, 0.1) is 0 Å². The van der Waals surface area contributed by atoms with Crippen molar-refractivity contribution in [1.29, 1.82) is 0 Å². The molecular formula is C9H8N2OS. The first kappa shape index (κ1) is 8.31. The zero-order valence-corrected chi connectivity index (χ0v) is 7.70. The smallest absolute Gasteiger partial charge is 0.124 e. The fourth-order valence-corrected chi connectivity index (χ4v) is 1.68. The van der Waals surface area contributed by atoms with Crippen molar-refractivity contribution in [1.82, 2.24) is 10.1 Å². The molecule has 2 aromatic heterocycles. The van der Waals surface area contributed by atoms with Crippen molar-refractivity contribution in [2.75, 3.05) is 0 Å². The summed E-state index contributed by atoms with van der Waals surface area (Å²) in [7, 11) is 0. The molecule has 2 heterocycles. The van der Waals surface area contributed by atoms with Crippen LogP contribution in [0.1, 0.15) is 5.69 Å². The standard InChI is InChI=1S/C9H8N2OS/c1-4-10-5-2-9(1)13-7-8-3-6-12-11-8/h1-6H,7H2. The van der Waals surface area contributed by atoms with Gasteiger partial charge in [-0.2, -0.15) is 0 Å². The summed E-state index contributed by atoms with van der Waals surface area (Å²) in [5.41, 5.74) is 0.960. The molecule has 66 valence electrons. The van der Waals surface area contributed by atoms with Gasteiger partial charge in [0.15, 0.2) is 0 Å². The second-order valence-corrected chi connectivity index (χ2v) is 3.51. The Kier molecular flexibility index (Phi) is 2.62. The molecule has 0 N–H and O–H groups in total. The second-order valence-electron chi connectivity index (χ2n) is 2.46. The van der Waals surface area contributed by atoms with Crippen molar-refractivity contribution >= 4 is 11.8 Å². The van der Waals surface area contributed by atoms with E-state index in [4.69, 9.17) is 4.52 Å². The topological polar surface area (TPSA) is 38.9 Å². The molecule has 13 heavy (non-hydrogen) atoms. The molecule has 0 spiro atoms. The van der Waals surface area contributed by atoms with Gasteiger partial charge in [0.2, 0.25) is 0 Å². The molecule has 3 nitrogen and oxygen atoms in total. The van der Waals surface area contributed by atoms with E-state index in [-0.39, 0.29) is 0 Å². The molecule has 0 atom stereocenters. The molecule has 0 saturated carbocycles. The number of hydrogen-bond acceptors (Lipinski definition) is 4. The highest BCUT2D eigenvalue weighted by molar-refractivity contribution is 7.98. The minimum absolute atomic E-state index is 0.834. The molecule has 0 saturated heterocycles. The van der Waals surface area contributed by atoms with E-state index in [1.807, 2.05) is 18.2 Å². The Hall–Kier alpha value is -1.29. The van der Waals surface area contributed by atoms with E-state index in [1.54, 1.807) is 30.4 Å². The van der Waals surface area contributed by atoms with Crippen LogP contribution in [0.25, 0.3) is 0 Å². The molecule has 0 unspecified atom stereocenters. The molecule has 0 bridgehead atoms. The summed E-state index contributed by atoms with van der Waals surface area (Å²) in [5, 5.41) is 3.82. The van der Waals surface area contributed by atoms with Crippen LogP contribution >= 0.6 is 11.8 Å². The first-order valence-electron chi connectivity index (χ1n) is 3.87. The summed E-state index contributed by atoms with van der Waals surface area (Å²) in [6.45, 7) is 0. The quantitative estimate of drug-likeness (QED) is 0.700. The van der Waals surface area contributed by atoms with Crippen LogP contribution in [0.15, 0.2) is 46.3 Å². The maximum absolute atomic E-state index is 4.73. The third kappa shape index (κ3) is 2.32. The van der Waals surface area contributed by atoms with Gasteiger partial charge in [-0.3, -0.25) is 4.98 Å². The van der Waals surface area contributed by atoms with Gasteiger partial charge < -0.3 is 4.52 Å². The second kappa shape index (κ2) is 4.09. The van der Waals surface area contributed by atoms with Crippen LogP contribution in [0.2, 0.25) is 0 Å². The average Bonchev–Trinajstić information content (AvgIpc) is 2.69. The van der Waals surface area contributed by atoms with E-state index in [2.05, 4.69) is 10.1 Å². The van der Waals surface area contributed by atoms with Gasteiger partial charge in [-0.1, -0.05) is 5.16 Å². The van der Waals surface area contributed by atoms with E-state index >= 15 is 0 Å². The van der Waals surface area contributed by atoms with Crippen molar-refractivity contribution in [2.45, 2.75) is 10.6 Å². The summed E-state index contributed by atoms with van der Waals surface area (Å²) in [5.74, 6) is 0.834. The molecule has 0 aromatic carbocycles. The zero-order chi connectivity index (χ0) is 8.93. The third-order valence-corrected chi connectivity index (χ3v) is 2.57. The lowest BCUT2D eigenvalue weighted by Gasteiger charge is -1.96. The molecular weight excluding hydrogens is 184 g/mol. The Morgan fingerprint density at radius 1 is 1.23 bits per heavy atom. The Balaban J connectivity index is 1.94. The van der Waals surface area contributed by atoms with Crippen molar-refractivity contribution in [3.8, 4) is 0 Å².